The second-order valence-electron chi connectivity index (χ2n) is 5.41. The van der Waals surface area contributed by atoms with E-state index in [4.69, 9.17) is 15.0 Å². The molecule has 4 nitrogen and oxygen atoms in total. The Morgan fingerprint density at radius 1 is 1.24 bits per heavy atom. The van der Waals surface area contributed by atoms with Crippen molar-refractivity contribution in [3.05, 3.63) is 29.8 Å². The van der Waals surface area contributed by atoms with Gasteiger partial charge in [-0.05, 0) is 43.5 Å². The molecule has 1 aliphatic heterocycles. The van der Waals surface area contributed by atoms with Gasteiger partial charge in [0.1, 0.15) is 11.6 Å². The lowest BCUT2D eigenvalue weighted by molar-refractivity contribution is 0.415. The minimum atomic E-state index is 0.395. The number of benzene rings is 1. The van der Waals surface area contributed by atoms with Crippen molar-refractivity contribution in [3.63, 3.8) is 0 Å². The molecule has 21 heavy (non-hydrogen) atoms. The van der Waals surface area contributed by atoms with Crippen LogP contribution in [-0.4, -0.2) is 25.2 Å². The number of aromatic nitrogens is 1. The molecule has 1 fully saturated rings. The second-order valence-corrected chi connectivity index (χ2v) is 5.41. The highest BCUT2D eigenvalue weighted by Crippen LogP contribution is 2.28. The molecule has 0 atom stereocenters. The van der Waals surface area contributed by atoms with Gasteiger partial charge in [-0.1, -0.05) is 0 Å². The molecule has 1 aromatic carbocycles. The van der Waals surface area contributed by atoms with E-state index in [0.29, 0.717) is 6.42 Å². The van der Waals surface area contributed by atoms with Gasteiger partial charge in [-0.15, -0.1) is 0 Å². The number of fused-ring (bicyclic) bond motifs is 1. The van der Waals surface area contributed by atoms with Crippen molar-refractivity contribution in [2.24, 2.45) is 0 Å². The average molecular weight is 281 g/mol. The number of anilines is 1. The van der Waals surface area contributed by atoms with Crippen molar-refractivity contribution >= 4 is 16.7 Å². The molecule has 2 heterocycles. The van der Waals surface area contributed by atoms with Crippen molar-refractivity contribution < 1.29 is 4.74 Å². The highest BCUT2D eigenvalue weighted by Gasteiger charge is 2.17. The van der Waals surface area contributed by atoms with Gasteiger partial charge in [-0.3, -0.25) is 0 Å². The number of hydrogen-bond acceptors (Lipinski definition) is 4. The highest BCUT2D eigenvalue weighted by atomic mass is 16.5. The summed E-state index contributed by atoms with van der Waals surface area (Å²) in [6.45, 7) is 2.07. The summed E-state index contributed by atoms with van der Waals surface area (Å²) in [4.78, 5) is 7.13. The summed E-state index contributed by atoms with van der Waals surface area (Å²) in [5.41, 5.74) is 1.97. The summed E-state index contributed by atoms with van der Waals surface area (Å²) < 4.78 is 5.27. The van der Waals surface area contributed by atoms with Crippen molar-refractivity contribution in [2.45, 2.75) is 25.7 Å². The number of nitrogens with zero attached hydrogens (tertiary/aromatic N) is 3. The third kappa shape index (κ3) is 2.78. The molecule has 0 radical (unpaired) electrons. The van der Waals surface area contributed by atoms with Gasteiger partial charge in [-0.25, -0.2) is 4.98 Å². The molecule has 0 spiro atoms. The molecule has 0 unspecified atom stereocenters. The van der Waals surface area contributed by atoms with Gasteiger partial charge < -0.3 is 9.64 Å². The number of rotatable bonds is 3. The summed E-state index contributed by atoms with van der Waals surface area (Å²) in [5, 5.41) is 10.1. The molecule has 1 aliphatic rings. The number of pyridine rings is 1. The zero-order valence-electron chi connectivity index (χ0n) is 12.3. The van der Waals surface area contributed by atoms with Gasteiger partial charge in [0, 0.05) is 24.0 Å². The van der Waals surface area contributed by atoms with Crippen LogP contribution in [-0.2, 0) is 6.42 Å². The Labute approximate surface area is 125 Å². The number of ether oxygens (including phenoxy) is 1. The largest absolute Gasteiger partial charge is 0.497 e. The fraction of sp³-hybridized carbons (Fsp3) is 0.412. The molecule has 0 aliphatic carbocycles. The first-order chi connectivity index (χ1) is 10.3. The molecule has 0 bridgehead atoms. The number of piperidine rings is 1. The molecule has 4 heteroatoms. The second kappa shape index (κ2) is 6.01. The highest BCUT2D eigenvalue weighted by molar-refractivity contribution is 5.83. The van der Waals surface area contributed by atoms with Gasteiger partial charge >= 0.3 is 0 Å². The third-order valence-electron chi connectivity index (χ3n) is 4.00. The van der Waals surface area contributed by atoms with E-state index in [0.717, 1.165) is 41.1 Å². The minimum Gasteiger partial charge on any atom is -0.497 e. The van der Waals surface area contributed by atoms with E-state index >= 15 is 0 Å². The van der Waals surface area contributed by atoms with E-state index in [9.17, 15) is 0 Å². The van der Waals surface area contributed by atoms with Crippen LogP contribution in [0.1, 0.15) is 24.8 Å². The predicted octanol–water partition coefficient (Wildman–Crippen LogP) is 3.30. The predicted molar refractivity (Wildman–Crippen MR) is 83.7 cm³/mol. The average Bonchev–Trinajstić information content (AvgIpc) is 2.55. The van der Waals surface area contributed by atoms with Crippen molar-refractivity contribution in [1.29, 1.82) is 5.26 Å². The van der Waals surface area contributed by atoms with E-state index in [-0.39, 0.29) is 0 Å². The molecule has 0 amide bonds. The molecule has 3 rings (SSSR count). The van der Waals surface area contributed by atoms with Crippen LogP contribution in [0.15, 0.2) is 24.3 Å². The van der Waals surface area contributed by atoms with E-state index < -0.39 is 0 Å². The number of methoxy groups -OCH3 is 1. The Morgan fingerprint density at radius 3 is 2.76 bits per heavy atom. The molecular weight excluding hydrogens is 262 g/mol. The van der Waals surface area contributed by atoms with Crippen molar-refractivity contribution in [3.8, 4) is 11.8 Å². The summed E-state index contributed by atoms with van der Waals surface area (Å²) in [6, 6.07) is 10.2. The summed E-state index contributed by atoms with van der Waals surface area (Å²) in [7, 11) is 1.66. The van der Waals surface area contributed by atoms with Gasteiger partial charge in [0.2, 0.25) is 0 Å². The molecule has 1 aromatic heterocycles. The Kier molecular flexibility index (Phi) is 3.92. The smallest absolute Gasteiger partial charge is 0.133 e. The fourth-order valence-electron chi connectivity index (χ4n) is 2.91. The molecule has 0 saturated carbocycles. The topological polar surface area (TPSA) is 49.1 Å². The summed E-state index contributed by atoms with van der Waals surface area (Å²) in [5.74, 6) is 1.80. The minimum absolute atomic E-state index is 0.395. The standard InChI is InChI=1S/C17H19N3O/c1-21-15-5-6-16-14(12-15)11-13(7-8-18)17(19-16)20-9-3-2-4-10-20/h5-6,11-12H,2-4,7,9-10H2,1H3. The van der Waals surface area contributed by atoms with Crippen LogP contribution in [0.25, 0.3) is 10.9 Å². The van der Waals surface area contributed by atoms with Crippen LogP contribution >= 0.6 is 0 Å². The molecule has 0 N–H and O–H groups in total. The SMILES string of the molecule is COc1ccc2nc(N3CCCCC3)c(CC#N)cc2c1. The van der Waals surface area contributed by atoms with Crippen molar-refractivity contribution in [1.82, 2.24) is 4.98 Å². The van der Waals surface area contributed by atoms with Gasteiger partial charge in [0.15, 0.2) is 0 Å². The van der Waals surface area contributed by atoms with Gasteiger partial charge in [-0.2, -0.15) is 5.26 Å². The molecule has 2 aromatic rings. The zero-order valence-corrected chi connectivity index (χ0v) is 12.3. The summed E-state index contributed by atoms with van der Waals surface area (Å²) >= 11 is 0. The maximum absolute atomic E-state index is 9.09. The first kappa shape index (κ1) is 13.7. The van der Waals surface area contributed by atoms with Crippen LogP contribution < -0.4 is 9.64 Å². The van der Waals surface area contributed by atoms with E-state index in [2.05, 4.69) is 17.0 Å². The van der Waals surface area contributed by atoms with E-state index in [1.807, 2.05) is 18.2 Å². The van der Waals surface area contributed by atoms with Crippen LogP contribution in [0.2, 0.25) is 0 Å². The molecular formula is C17H19N3O. The third-order valence-corrected chi connectivity index (χ3v) is 4.00. The van der Waals surface area contributed by atoms with E-state index in [1.54, 1.807) is 7.11 Å². The monoisotopic (exact) mass is 281 g/mol. The number of nitriles is 1. The van der Waals surface area contributed by atoms with Crippen LogP contribution in [0.4, 0.5) is 5.82 Å². The molecule has 1 saturated heterocycles. The lowest BCUT2D eigenvalue weighted by atomic mass is 10.1. The normalized spacial score (nSPS) is 15.0. The first-order valence-electron chi connectivity index (χ1n) is 7.41. The zero-order chi connectivity index (χ0) is 14.7. The molecule has 108 valence electrons. The quantitative estimate of drug-likeness (QED) is 0.866. The van der Waals surface area contributed by atoms with E-state index in [1.165, 1.54) is 19.3 Å². The number of hydrogen-bond donors (Lipinski definition) is 0. The Bertz CT molecular complexity index is 684. The van der Waals surface area contributed by atoms with Crippen LogP contribution in [0, 0.1) is 11.3 Å². The van der Waals surface area contributed by atoms with Crippen LogP contribution in [0.3, 0.4) is 0 Å². The first-order valence-corrected chi connectivity index (χ1v) is 7.41. The van der Waals surface area contributed by atoms with Gasteiger partial charge in [0.25, 0.3) is 0 Å². The maximum atomic E-state index is 9.09. The Morgan fingerprint density at radius 2 is 2.05 bits per heavy atom. The lowest BCUT2D eigenvalue weighted by Crippen LogP contribution is -2.31. The fourth-order valence-corrected chi connectivity index (χ4v) is 2.91. The van der Waals surface area contributed by atoms with Crippen molar-refractivity contribution in [2.75, 3.05) is 25.1 Å². The maximum Gasteiger partial charge on any atom is 0.133 e. The van der Waals surface area contributed by atoms with Crippen LogP contribution in [0.5, 0.6) is 5.75 Å². The Balaban J connectivity index is 2.08. The summed E-state index contributed by atoms with van der Waals surface area (Å²) in [6.07, 6.45) is 4.09. The lowest BCUT2D eigenvalue weighted by Gasteiger charge is -2.29. The Hall–Kier alpha value is -2.28. The van der Waals surface area contributed by atoms with Gasteiger partial charge in [0.05, 0.1) is 25.1 Å².